The van der Waals surface area contributed by atoms with Crippen molar-refractivity contribution in [2.75, 3.05) is 13.2 Å². The molecular formula is C16H15F2INOY-. The topological polar surface area (TPSA) is 12.5 Å². The molecule has 0 fully saturated rings. The van der Waals surface area contributed by atoms with Crippen molar-refractivity contribution in [3.63, 3.8) is 0 Å². The largest absolute Gasteiger partial charge is 0.488 e. The van der Waals surface area contributed by atoms with Crippen molar-refractivity contribution in [1.82, 2.24) is 4.90 Å². The van der Waals surface area contributed by atoms with Gasteiger partial charge >= 0.3 is 0 Å². The molecule has 2 nitrogen and oxygen atoms in total. The Balaban J connectivity index is 0.00000242. The fourth-order valence-electron chi connectivity index (χ4n) is 2.01. The van der Waals surface area contributed by atoms with E-state index in [0.29, 0.717) is 5.75 Å². The van der Waals surface area contributed by atoms with Crippen LogP contribution in [0.25, 0.3) is 5.70 Å². The molecule has 1 aromatic rings. The smallest absolute Gasteiger partial charge is 0.272 e. The van der Waals surface area contributed by atoms with Gasteiger partial charge in [-0.2, -0.15) is 12.2 Å². The van der Waals surface area contributed by atoms with Crippen molar-refractivity contribution in [2.45, 2.75) is 13.3 Å². The van der Waals surface area contributed by atoms with Crippen LogP contribution in [-0.4, -0.2) is 24.5 Å². The zero-order valence-corrected chi connectivity index (χ0v) is 17.1. The maximum Gasteiger partial charge on any atom is 0.272 e. The average molecular weight is 491 g/mol. The average Bonchev–Trinajstić information content (AvgIpc) is 2.48. The maximum absolute atomic E-state index is 12.1. The number of rotatable bonds is 5. The van der Waals surface area contributed by atoms with Crippen LogP contribution in [0.2, 0.25) is 0 Å². The van der Waals surface area contributed by atoms with Crippen LogP contribution in [0, 0.1) is 6.08 Å². The molecule has 0 aromatic heterocycles. The van der Waals surface area contributed by atoms with Crippen molar-refractivity contribution in [2.24, 2.45) is 0 Å². The Labute approximate surface area is 168 Å². The minimum Gasteiger partial charge on any atom is -0.488 e. The molecule has 0 saturated heterocycles. The normalized spacial score (nSPS) is 14.4. The molecule has 0 saturated carbocycles. The number of hydrogen-bond donors (Lipinski definition) is 0. The van der Waals surface area contributed by atoms with Crippen LogP contribution < -0.4 is 4.74 Å². The number of nitrogens with zero attached hydrogens (tertiary/aromatic N) is 1. The number of ether oxygens (including phenoxy) is 1. The molecule has 0 bridgehead atoms. The summed E-state index contributed by atoms with van der Waals surface area (Å²) < 4.78 is 30.2. The van der Waals surface area contributed by atoms with Gasteiger partial charge in [0.15, 0.2) is 0 Å². The van der Waals surface area contributed by atoms with E-state index in [1.54, 1.807) is 12.1 Å². The summed E-state index contributed by atoms with van der Waals surface area (Å²) in [6.07, 6.45) is 2.66. The third-order valence-corrected chi connectivity index (χ3v) is 3.96. The monoisotopic (exact) mass is 491 g/mol. The van der Waals surface area contributed by atoms with Crippen LogP contribution in [0.5, 0.6) is 5.75 Å². The van der Waals surface area contributed by atoms with Crippen molar-refractivity contribution >= 4 is 28.3 Å². The number of allylic oxidation sites excluding steroid dienone is 3. The minimum atomic E-state index is -2.47. The second kappa shape index (κ2) is 9.13. The second-order valence-electron chi connectivity index (χ2n) is 4.40. The van der Waals surface area contributed by atoms with Gasteiger partial charge in [-0.05, 0) is 24.8 Å². The van der Waals surface area contributed by atoms with Gasteiger partial charge in [0.25, 0.3) is 6.43 Å². The first kappa shape index (κ1) is 19.8. The Bertz CT molecular complexity index is 584. The van der Waals surface area contributed by atoms with Gasteiger partial charge < -0.3 is 9.64 Å². The quantitative estimate of drug-likeness (QED) is 0.440. The Kier molecular flexibility index (Phi) is 8.21. The molecule has 2 rings (SSSR count). The Morgan fingerprint density at radius 1 is 1.32 bits per heavy atom. The van der Waals surface area contributed by atoms with E-state index in [9.17, 15) is 8.78 Å². The predicted molar refractivity (Wildman–Crippen MR) is 88.2 cm³/mol. The van der Waals surface area contributed by atoms with Gasteiger partial charge in [-0.25, -0.2) is 8.78 Å². The van der Waals surface area contributed by atoms with Crippen molar-refractivity contribution < 1.29 is 46.2 Å². The van der Waals surface area contributed by atoms with E-state index >= 15 is 0 Å². The van der Waals surface area contributed by atoms with Crippen molar-refractivity contribution in [3.05, 3.63) is 57.8 Å². The molecule has 22 heavy (non-hydrogen) atoms. The van der Waals surface area contributed by atoms with Crippen LogP contribution in [-0.2, 0) is 32.7 Å². The molecule has 0 atom stereocenters. The van der Waals surface area contributed by atoms with Crippen LogP contribution in [0.1, 0.15) is 12.5 Å². The molecule has 0 amide bonds. The molecule has 1 radical (unpaired) electrons. The summed E-state index contributed by atoms with van der Waals surface area (Å²) in [5.41, 5.74) is 2.80. The third kappa shape index (κ3) is 4.86. The summed E-state index contributed by atoms with van der Waals surface area (Å²) in [4.78, 5) is 2.07. The number of hydrogen-bond acceptors (Lipinski definition) is 2. The molecule has 115 valence electrons. The van der Waals surface area contributed by atoms with Gasteiger partial charge in [-0.15, -0.1) is 34.7 Å². The van der Waals surface area contributed by atoms with E-state index < -0.39 is 13.0 Å². The van der Waals surface area contributed by atoms with Gasteiger partial charge in [0.05, 0.1) is 0 Å². The maximum atomic E-state index is 12.1. The number of benzene rings is 1. The number of halogens is 3. The predicted octanol–water partition coefficient (Wildman–Crippen LogP) is 4.64. The first-order chi connectivity index (χ1) is 10.0. The summed E-state index contributed by atoms with van der Waals surface area (Å²) in [6, 6.07) is 7.05. The van der Waals surface area contributed by atoms with Gasteiger partial charge in [0, 0.05) is 39.3 Å². The van der Waals surface area contributed by atoms with Crippen LogP contribution in [0.3, 0.4) is 0 Å². The fourth-order valence-corrected chi connectivity index (χ4v) is 2.46. The van der Waals surface area contributed by atoms with Crippen LogP contribution >= 0.6 is 22.6 Å². The summed E-state index contributed by atoms with van der Waals surface area (Å²) >= 11 is 2.23. The molecular weight excluding hydrogens is 476 g/mol. The first-order valence-electron chi connectivity index (χ1n) is 6.50. The molecule has 0 N–H and O–H groups in total. The molecule has 0 spiro atoms. The molecule has 1 heterocycles. The molecule has 1 aliphatic rings. The first-order valence-corrected chi connectivity index (χ1v) is 7.58. The van der Waals surface area contributed by atoms with Crippen molar-refractivity contribution in [3.8, 4) is 5.75 Å². The Hall–Kier alpha value is -0.266. The van der Waals surface area contributed by atoms with Gasteiger partial charge in [0.2, 0.25) is 0 Å². The Morgan fingerprint density at radius 2 is 1.95 bits per heavy atom. The standard InChI is InChI=1S/C16H15F2INO.Y/c1-3-20-11(2)14(19)8-9-15(20)12-4-6-13(7-5-12)21-10-16(17)18;/h4-8,16H,2-3,10H2,1H3;/q-1;. The summed E-state index contributed by atoms with van der Waals surface area (Å²) in [5.74, 6) is 0.433. The summed E-state index contributed by atoms with van der Waals surface area (Å²) in [6.45, 7) is 6.31. The molecule has 1 aliphatic heterocycles. The molecule has 6 heteroatoms. The van der Waals surface area contributed by atoms with Gasteiger partial charge in [-0.1, -0.05) is 21.4 Å². The van der Waals surface area contributed by atoms with E-state index in [0.717, 1.165) is 27.1 Å². The summed E-state index contributed by atoms with van der Waals surface area (Å²) in [7, 11) is 0. The van der Waals surface area contributed by atoms with E-state index in [-0.39, 0.29) is 32.7 Å². The van der Waals surface area contributed by atoms with E-state index in [1.165, 1.54) is 0 Å². The third-order valence-electron chi connectivity index (χ3n) is 3.03. The molecule has 1 aromatic carbocycles. The second-order valence-corrected chi connectivity index (χ2v) is 5.56. The molecule has 0 aliphatic carbocycles. The van der Waals surface area contributed by atoms with Crippen molar-refractivity contribution in [1.29, 1.82) is 0 Å². The number of alkyl halides is 2. The van der Waals surface area contributed by atoms with E-state index in [4.69, 9.17) is 4.74 Å². The zero-order chi connectivity index (χ0) is 15.4. The minimum absolute atomic E-state index is 0. The number of likely N-dealkylation sites (N-methyl/N-ethyl adjacent to an activating group) is 1. The van der Waals surface area contributed by atoms with Gasteiger partial charge in [0.1, 0.15) is 12.4 Å². The fraction of sp³-hybridized carbons (Fsp3) is 0.250. The van der Waals surface area contributed by atoms with Gasteiger partial charge in [-0.3, -0.25) is 0 Å². The Morgan fingerprint density at radius 3 is 2.50 bits per heavy atom. The van der Waals surface area contributed by atoms with E-state index in [1.807, 2.05) is 25.1 Å². The molecule has 0 unspecified atom stereocenters. The summed E-state index contributed by atoms with van der Waals surface area (Å²) in [5, 5.41) is 0. The van der Waals surface area contributed by atoms with E-state index in [2.05, 4.69) is 40.1 Å². The van der Waals surface area contributed by atoms with Crippen LogP contribution in [0.4, 0.5) is 8.78 Å². The zero-order valence-electron chi connectivity index (χ0n) is 12.2. The SMILES string of the molecule is C=C1C(I)=C[C-]=C(c2ccc(OCC(F)F)cc2)N1CC.[Y]. The van der Waals surface area contributed by atoms with Crippen LogP contribution in [0.15, 0.2) is 46.2 Å².